The Hall–Kier alpha value is -3.69. The number of nitrogens with one attached hydrogen (secondary N) is 2. The van der Waals surface area contributed by atoms with Crippen molar-refractivity contribution in [2.45, 2.75) is 30.2 Å². The number of amides is 1. The van der Waals surface area contributed by atoms with Crippen LogP contribution in [0.3, 0.4) is 0 Å². The zero-order chi connectivity index (χ0) is 23.1. The Balaban J connectivity index is 1.33. The van der Waals surface area contributed by atoms with Crippen molar-refractivity contribution in [3.05, 3.63) is 65.1 Å². The molecule has 2 heterocycles. The van der Waals surface area contributed by atoms with Gasteiger partial charge in [0.2, 0.25) is 11.8 Å². The van der Waals surface area contributed by atoms with Gasteiger partial charge in [-0.25, -0.2) is 8.78 Å². The molecule has 2 N–H and O–H groups in total. The molecular formula is C23H22F2N4O4. The Morgan fingerprint density at radius 2 is 1.82 bits per heavy atom. The number of para-hydroxylation sites is 1. The molecule has 3 aromatic rings. The van der Waals surface area contributed by atoms with Crippen LogP contribution in [0.25, 0.3) is 0 Å². The van der Waals surface area contributed by atoms with Gasteiger partial charge in [-0.15, -0.1) is 5.10 Å². The summed E-state index contributed by atoms with van der Waals surface area (Å²) in [6.07, 6.45) is 0.830. The lowest BCUT2D eigenvalue weighted by Gasteiger charge is -2.19. The quantitative estimate of drug-likeness (QED) is 0.563. The molecule has 1 amide bonds. The molecule has 1 saturated heterocycles. The number of aromatic nitrogens is 2. The monoisotopic (exact) mass is 456 g/mol. The van der Waals surface area contributed by atoms with E-state index in [2.05, 4.69) is 20.8 Å². The summed E-state index contributed by atoms with van der Waals surface area (Å²) < 4.78 is 45.3. The van der Waals surface area contributed by atoms with Gasteiger partial charge in [0.25, 0.3) is 0 Å². The van der Waals surface area contributed by atoms with Gasteiger partial charge in [0.1, 0.15) is 29.2 Å². The molecule has 4 unspecified atom stereocenters. The molecule has 4 atom stereocenters. The fourth-order valence-electron chi connectivity index (χ4n) is 4.45. The molecular weight excluding hydrogens is 434 g/mol. The minimum atomic E-state index is -0.972. The number of halogens is 2. The molecule has 2 fully saturated rings. The van der Waals surface area contributed by atoms with Gasteiger partial charge in [0.05, 0.1) is 14.2 Å². The standard InChI is InChI=1S/C23H22F2N4O4/c1-31-11-7-16(24)19(17(25)8-11)15-10-26-21(30)20(15)27-23-29-28-22(33-23)14-9-13(14)12-5-3-4-6-18(12)32-2/h3-8,13-15,20H,9-10H2,1-2H3,(H,26,30)(H,27,29). The molecule has 1 saturated carbocycles. The molecule has 10 heteroatoms. The molecule has 2 aromatic carbocycles. The number of rotatable bonds is 7. The van der Waals surface area contributed by atoms with Crippen LogP contribution in [0.2, 0.25) is 0 Å². The molecule has 2 aliphatic rings. The normalized spacial score (nSPS) is 23.8. The van der Waals surface area contributed by atoms with Crippen molar-refractivity contribution in [2.24, 2.45) is 0 Å². The van der Waals surface area contributed by atoms with E-state index in [4.69, 9.17) is 13.9 Å². The van der Waals surface area contributed by atoms with E-state index in [9.17, 15) is 13.6 Å². The number of nitrogens with zero attached hydrogens (tertiary/aromatic N) is 2. The van der Waals surface area contributed by atoms with Crippen LogP contribution >= 0.6 is 0 Å². The Morgan fingerprint density at radius 3 is 2.55 bits per heavy atom. The van der Waals surface area contributed by atoms with Crippen LogP contribution in [-0.4, -0.2) is 42.9 Å². The van der Waals surface area contributed by atoms with Crippen LogP contribution in [0.1, 0.15) is 41.2 Å². The third-order valence-electron chi connectivity index (χ3n) is 6.21. The van der Waals surface area contributed by atoms with Gasteiger partial charge in [0, 0.05) is 36.1 Å². The second-order valence-corrected chi connectivity index (χ2v) is 8.11. The predicted molar refractivity (Wildman–Crippen MR) is 113 cm³/mol. The second-order valence-electron chi connectivity index (χ2n) is 8.11. The maximum Gasteiger partial charge on any atom is 0.316 e. The molecule has 8 nitrogen and oxygen atoms in total. The van der Waals surface area contributed by atoms with Crippen molar-refractivity contribution in [3.63, 3.8) is 0 Å². The summed E-state index contributed by atoms with van der Waals surface area (Å²) in [5.74, 6) is -1.26. The highest BCUT2D eigenvalue weighted by atomic mass is 19.1. The SMILES string of the molecule is COc1cc(F)c(C2CNC(=O)C2Nc2nnc(C3CC3c3ccccc3OC)o2)c(F)c1. The maximum absolute atomic E-state index is 14.6. The molecule has 1 aliphatic carbocycles. The van der Waals surface area contributed by atoms with E-state index >= 15 is 0 Å². The smallest absolute Gasteiger partial charge is 0.316 e. The van der Waals surface area contributed by atoms with Crippen LogP contribution in [0.5, 0.6) is 11.5 Å². The van der Waals surface area contributed by atoms with Gasteiger partial charge in [-0.3, -0.25) is 4.79 Å². The van der Waals surface area contributed by atoms with Crippen LogP contribution in [-0.2, 0) is 4.79 Å². The maximum atomic E-state index is 14.6. The number of carbonyl (C=O) groups excluding carboxylic acids is 1. The summed E-state index contributed by atoms with van der Waals surface area (Å²) >= 11 is 0. The molecule has 1 aliphatic heterocycles. The number of hydrogen-bond donors (Lipinski definition) is 2. The van der Waals surface area contributed by atoms with E-state index in [0.29, 0.717) is 5.89 Å². The fourth-order valence-corrected chi connectivity index (χ4v) is 4.45. The van der Waals surface area contributed by atoms with Gasteiger partial charge in [-0.1, -0.05) is 23.3 Å². The molecule has 0 bridgehead atoms. The Morgan fingerprint density at radius 1 is 1.06 bits per heavy atom. The van der Waals surface area contributed by atoms with Crippen LogP contribution in [0, 0.1) is 11.6 Å². The summed E-state index contributed by atoms with van der Waals surface area (Å²) in [6, 6.07) is 9.00. The van der Waals surface area contributed by atoms with Crippen molar-refractivity contribution >= 4 is 11.9 Å². The average Bonchev–Trinajstić information content (AvgIpc) is 3.35. The van der Waals surface area contributed by atoms with Crippen molar-refractivity contribution in [2.75, 3.05) is 26.1 Å². The first kappa shape index (κ1) is 21.2. The molecule has 1 aromatic heterocycles. The van der Waals surface area contributed by atoms with E-state index in [1.807, 2.05) is 24.3 Å². The topological polar surface area (TPSA) is 98.5 Å². The molecule has 0 spiro atoms. The number of anilines is 1. The highest BCUT2D eigenvalue weighted by molar-refractivity contribution is 5.88. The van der Waals surface area contributed by atoms with E-state index in [1.165, 1.54) is 7.11 Å². The first-order chi connectivity index (χ1) is 16.0. The number of methoxy groups -OCH3 is 2. The molecule has 172 valence electrons. The lowest BCUT2D eigenvalue weighted by atomic mass is 9.93. The zero-order valence-corrected chi connectivity index (χ0v) is 18.0. The zero-order valence-electron chi connectivity index (χ0n) is 18.0. The second kappa shape index (κ2) is 8.34. The van der Waals surface area contributed by atoms with Crippen LogP contribution < -0.4 is 20.1 Å². The van der Waals surface area contributed by atoms with E-state index in [1.54, 1.807) is 7.11 Å². The summed E-state index contributed by atoms with van der Waals surface area (Å²) in [5.41, 5.74) is 0.864. The molecule has 33 heavy (non-hydrogen) atoms. The number of carbonyl (C=O) groups is 1. The van der Waals surface area contributed by atoms with Crippen LogP contribution in [0.15, 0.2) is 40.8 Å². The Kier molecular flexibility index (Phi) is 5.35. The largest absolute Gasteiger partial charge is 0.497 e. The highest BCUT2D eigenvalue weighted by Gasteiger charge is 2.45. The number of benzene rings is 2. The minimum absolute atomic E-state index is 0.0251. The van der Waals surface area contributed by atoms with Gasteiger partial charge >= 0.3 is 6.01 Å². The van der Waals surface area contributed by atoms with E-state index in [-0.39, 0.29) is 35.7 Å². The third kappa shape index (κ3) is 3.85. The summed E-state index contributed by atoms with van der Waals surface area (Å²) in [6.45, 7) is 0.0656. The Bertz CT molecular complexity index is 1180. The fraction of sp³-hybridized carbons (Fsp3) is 0.348. The van der Waals surface area contributed by atoms with Crippen molar-refractivity contribution < 1.29 is 27.5 Å². The predicted octanol–water partition coefficient (Wildman–Crippen LogP) is 3.33. The average molecular weight is 456 g/mol. The lowest BCUT2D eigenvalue weighted by Crippen LogP contribution is -2.33. The van der Waals surface area contributed by atoms with Crippen molar-refractivity contribution in [1.82, 2.24) is 15.5 Å². The summed E-state index contributed by atoms with van der Waals surface area (Å²) in [5, 5.41) is 13.6. The molecule has 5 rings (SSSR count). The van der Waals surface area contributed by atoms with E-state index in [0.717, 1.165) is 29.9 Å². The summed E-state index contributed by atoms with van der Waals surface area (Å²) in [4.78, 5) is 12.4. The minimum Gasteiger partial charge on any atom is -0.497 e. The number of hydrogen-bond acceptors (Lipinski definition) is 7. The van der Waals surface area contributed by atoms with E-state index < -0.39 is 29.5 Å². The first-order valence-corrected chi connectivity index (χ1v) is 10.5. The van der Waals surface area contributed by atoms with Gasteiger partial charge in [-0.2, -0.15) is 0 Å². The van der Waals surface area contributed by atoms with Crippen molar-refractivity contribution in [1.29, 1.82) is 0 Å². The third-order valence-corrected chi connectivity index (χ3v) is 6.21. The van der Waals surface area contributed by atoms with Crippen molar-refractivity contribution in [3.8, 4) is 11.5 Å². The first-order valence-electron chi connectivity index (χ1n) is 10.5. The lowest BCUT2D eigenvalue weighted by molar-refractivity contribution is -0.119. The Labute approximate surface area is 188 Å². The summed E-state index contributed by atoms with van der Waals surface area (Å²) in [7, 11) is 2.95. The highest BCUT2D eigenvalue weighted by Crippen LogP contribution is 2.56. The van der Waals surface area contributed by atoms with Crippen LogP contribution in [0.4, 0.5) is 14.8 Å². The van der Waals surface area contributed by atoms with Gasteiger partial charge in [-0.05, 0) is 24.0 Å². The molecule has 0 radical (unpaired) electrons. The number of ether oxygens (including phenoxy) is 2. The van der Waals surface area contributed by atoms with Gasteiger partial charge < -0.3 is 24.5 Å². The van der Waals surface area contributed by atoms with Gasteiger partial charge in [0.15, 0.2) is 0 Å².